The van der Waals surface area contributed by atoms with Crippen molar-refractivity contribution in [1.29, 1.82) is 0 Å². The van der Waals surface area contributed by atoms with E-state index in [-0.39, 0.29) is 30.8 Å². The van der Waals surface area contributed by atoms with Gasteiger partial charge in [0.1, 0.15) is 0 Å². The van der Waals surface area contributed by atoms with Crippen LogP contribution in [0.1, 0.15) is 6.42 Å². The normalized spacial score (nSPS) is 11.5. The maximum absolute atomic E-state index is 11.6. The first-order valence-corrected chi connectivity index (χ1v) is 5.73. The lowest BCUT2D eigenvalue weighted by atomic mass is 10.2. The molecule has 0 aliphatic rings. The Hall–Kier alpha value is -0.620. The number of ether oxygens (including phenoxy) is 1. The summed E-state index contributed by atoms with van der Waals surface area (Å²) in [5.41, 5.74) is 6.19. The molecule has 0 radical (unpaired) electrons. The van der Waals surface area contributed by atoms with Gasteiger partial charge in [-0.3, -0.25) is 4.79 Å². The first-order valence-electron chi connectivity index (χ1n) is 4.94. The van der Waals surface area contributed by atoms with Crippen LogP contribution < -0.4 is 11.1 Å². The van der Waals surface area contributed by atoms with E-state index >= 15 is 0 Å². The Morgan fingerprint density at radius 1 is 1.59 bits per heavy atom. The molecule has 4 nitrogen and oxygen atoms in total. The number of carbonyl (C=O) groups is 1. The van der Waals surface area contributed by atoms with Gasteiger partial charge in [0, 0.05) is 23.8 Å². The molecule has 3 N–H and O–H groups in total. The van der Waals surface area contributed by atoms with Gasteiger partial charge in [0.25, 0.3) is 0 Å². The highest BCUT2D eigenvalue weighted by molar-refractivity contribution is 9.10. The van der Waals surface area contributed by atoms with Crippen LogP contribution >= 0.6 is 28.3 Å². The van der Waals surface area contributed by atoms with Gasteiger partial charge >= 0.3 is 0 Å². The van der Waals surface area contributed by atoms with Gasteiger partial charge in [-0.25, -0.2) is 0 Å². The maximum atomic E-state index is 11.6. The first kappa shape index (κ1) is 16.4. The highest BCUT2D eigenvalue weighted by Crippen LogP contribution is 2.15. The number of nitrogens with two attached hydrogens (primary N) is 1. The van der Waals surface area contributed by atoms with Crippen molar-refractivity contribution in [1.82, 2.24) is 0 Å². The van der Waals surface area contributed by atoms with Gasteiger partial charge < -0.3 is 15.8 Å². The number of anilines is 1. The van der Waals surface area contributed by atoms with Crippen LogP contribution in [0.15, 0.2) is 28.7 Å². The SMILES string of the molecule is COC(CN)CC(=O)Nc1cccc(Br)c1.Cl. The molecule has 6 heteroatoms. The van der Waals surface area contributed by atoms with Crippen molar-refractivity contribution in [3.63, 3.8) is 0 Å². The molecule has 96 valence electrons. The zero-order valence-corrected chi connectivity index (χ0v) is 11.9. The fourth-order valence-corrected chi connectivity index (χ4v) is 1.65. The minimum Gasteiger partial charge on any atom is -0.380 e. The van der Waals surface area contributed by atoms with Crippen LogP contribution in [-0.2, 0) is 9.53 Å². The molecule has 0 aliphatic heterocycles. The van der Waals surface area contributed by atoms with Gasteiger partial charge in [-0.05, 0) is 18.2 Å². The van der Waals surface area contributed by atoms with E-state index in [1.807, 2.05) is 24.3 Å². The second-order valence-electron chi connectivity index (χ2n) is 3.36. The van der Waals surface area contributed by atoms with Crippen LogP contribution in [0, 0.1) is 0 Å². The quantitative estimate of drug-likeness (QED) is 0.873. The van der Waals surface area contributed by atoms with Crippen molar-refractivity contribution in [2.45, 2.75) is 12.5 Å². The van der Waals surface area contributed by atoms with E-state index < -0.39 is 0 Å². The topological polar surface area (TPSA) is 64.3 Å². The largest absolute Gasteiger partial charge is 0.380 e. The molecule has 1 rings (SSSR count). The lowest BCUT2D eigenvalue weighted by molar-refractivity contribution is -0.118. The van der Waals surface area contributed by atoms with E-state index in [4.69, 9.17) is 10.5 Å². The van der Waals surface area contributed by atoms with Crippen molar-refractivity contribution in [3.05, 3.63) is 28.7 Å². The second kappa shape index (κ2) is 8.47. The highest BCUT2D eigenvalue weighted by atomic mass is 79.9. The molecule has 17 heavy (non-hydrogen) atoms. The Labute approximate surface area is 115 Å². The molecule has 0 saturated heterocycles. The molecule has 0 aliphatic carbocycles. The standard InChI is InChI=1S/C11H15BrN2O2.ClH/c1-16-10(7-13)6-11(15)14-9-4-2-3-8(12)5-9;/h2-5,10H,6-7,13H2,1H3,(H,14,15);1H. The number of halogens is 2. The molecule has 1 amide bonds. The third kappa shape index (κ3) is 6.02. The monoisotopic (exact) mass is 322 g/mol. The van der Waals surface area contributed by atoms with Crippen molar-refractivity contribution in [2.75, 3.05) is 19.0 Å². The number of benzene rings is 1. The minimum absolute atomic E-state index is 0. The average Bonchev–Trinajstić information content (AvgIpc) is 2.26. The van der Waals surface area contributed by atoms with Crippen molar-refractivity contribution in [2.24, 2.45) is 5.73 Å². The summed E-state index contributed by atoms with van der Waals surface area (Å²) in [4.78, 5) is 11.6. The Kier molecular flexibility index (Phi) is 8.16. The Balaban J connectivity index is 0.00000256. The highest BCUT2D eigenvalue weighted by Gasteiger charge is 2.11. The molecule has 0 saturated carbocycles. The van der Waals surface area contributed by atoms with Gasteiger partial charge in [0.05, 0.1) is 12.5 Å². The second-order valence-corrected chi connectivity index (χ2v) is 4.27. The number of carbonyl (C=O) groups excluding carboxylic acids is 1. The molecule has 0 spiro atoms. The fraction of sp³-hybridized carbons (Fsp3) is 0.364. The van der Waals surface area contributed by atoms with Crippen molar-refractivity contribution in [3.8, 4) is 0 Å². The van der Waals surface area contributed by atoms with Gasteiger partial charge in [-0.1, -0.05) is 22.0 Å². The third-order valence-corrected chi connectivity index (χ3v) is 2.61. The molecular weight excluding hydrogens is 307 g/mol. The van der Waals surface area contributed by atoms with E-state index in [1.165, 1.54) is 0 Å². The molecule has 1 unspecified atom stereocenters. The summed E-state index contributed by atoms with van der Waals surface area (Å²) in [6.45, 7) is 0.336. The predicted molar refractivity (Wildman–Crippen MR) is 74.5 cm³/mol. The van der Waals surface area contributed by atoms with E-state index in [2.05, 4.69) is 21.2 Å². The molecule has 1 aromatic rings. The Morgan fingerprint density at radius 3 is 2.82 bits per heavy atom. The summed E-state index contributed by atoms with van der Waals surface area (Å²) >= 11 is 3.33. The third-order valence-electron chi connectivity index (χ3n) is 2.12. The minimum atomic E-state index is -0.229. The van der Waals surface area contributed by atoms with Crippen LogP contribution in [0.4, 0.5) is 5.69 Å². The molecule has 0 heterocycles. The summed E-state index contributed by atoms with van der Waals surface area (Å²) in [6, 6.07) is 7.42. The summed E-state index contributed by atoms with van der Waals surface area (Å²) < 4.78 is 5.96. The van der Waals surface area contributed by atoms with Crippen molar-refractivity contribution < 1.29 is 9.53 Å². The molecule has 0 bridgehead atoms. The molecule has 0 fully saturated rings. The summed E-state index contributed by atoms with van der Waals surface area (Å²) in [5.74, 6) is -0.101. The van der Waals surface area contributed by atoms with E-state index in [9.17, 15) is 4.79 Å². The zero-order chi connectivity index (χ0) is 12.0. The summed E-state index contributed by atoms with van der Waals surface area (Å²) in [6.07, 6.45) is 0.0339. The number of rotatable bonds is 5. The van der Waals surface area contributed by atoms with Crippen LogP contribution in [0.2, 0.25) is 0 Å². The van der Waals surface area contributed by atoms with Crippen LogP contribution in [0.5, 0.6) is 0 Å². The molecule has 1 atom stereocenters. The smallest absolute Gasteiger partial charge is 0.227 e. The van der Waals surface area contributed by atoms with Gasteiger partial charge in [-0.2, -0.15) is 0 Å². The number of nitrogens with one attached hydrogen (secondary N) is 1. The fourth-order valence-electron chi connectivity index (χ4n) is 1.25. The first-order chi connectivity index (χ1) is 7.65. The van der Waals surface area contributed by atoms with Crippen LogP contribution in [0.25, 0.3) is 0 Å². The van der Waals surface area contributed by atoms with E-state index in [0.29, 0.717) is 6.54 Å². The molecular formula is C11H16BrClN2O2. The summed E-state index contributed by atoms with van der Waals surface area (Å²) in [5, 5.41) is 2.78. The number of methoxy groups -OCH3 is 1. The van der Waals surface area contributed by atoms with Crippen LogP contribution in [0.3, 0.4) is 0 Å². The molecule has 0 aromatic heterocycles. The Bertz CT molecular complexity index is 359. The lowest BCUT2D eigenvalue weighted by Gasteiger charge is -2.12. The number of amides is 1. The number of hydrogen-bond acceptors (Lipinski definition) is 3. The van der Waals surface area contributed by atoms with Gasteiger partial charge in [0.2, 0.25) is 5.91 Å². The lowest BCUT2D eigenvalue weighted by Crippen LogP contribution is -2.28. The van der Waals surface area contributed by atoms with Crippen LogP contribution in [-0.4, -0.2) is 25.7 Å². The van der Waals surface area contributed by atoms with E-state index in [0.717, 1.165) is 10.2 Å². The van der Waals surface area contributed by atoms with Crippen molar-refractivity contribution >= 4 is 39.9 Å². The van der Waals surface area contributed by atoms with E-state index in [1.54, 1.807) is 7.11 Å². The maximum Gasteiger partial charge on any atom is 0.227 e. The summed E-state index contributed by atoms with van der Waals surface area (Å²) in [7, 11) is 1.55. The Morgan fingerprint density at radius 2 is 2.29 bits per heavy atom. The zero-order valence-electron chi connectivity index (χ0n) is 9.48. The van der Waals surface area contributed by atoms with Gasteiger partial charge in [0.15, 0.2) is 0 Å². The number of hydrogen-bond donors (Lipinski definition) is 2. The van der Waals surface area contributed by atoms with Gasteiger partial charge in [-0.15, -0.1) is 12.4 Å². The predicted octanol–water partition coefficient (Wildman–Crippen LogP) is 2.17. The average molecular weight is 324 g/mol. The molecule has 1 aromatic carbocycles.